The van der Waals surface area contributed by atoms with Gasteiger partial charge >= 0.3 is 6.09 Å². The smallest absolute Gasteiger partial charge is 0.411 e. The first kappa shape index (κ1) is 22.3. The van der Waals surface area contributed by atoms with Gasteiger partial charge in [-0.05, 0) is 46.3 Å². The summed E-state index contributed by atoms with van der Waals surface area (Å²) in [7, 11) is 3.92. The Hall–Kier alpha value is -2.87. The summed E-state index contributed by atoms with van der Waals surface area (Å²) in [5.74, 6) is 0.592. The average molecular weight is 440 g/mol. The van der Waals surface area contributed by atoms with E-state index in [1.807, 2.05) is 63.2 Å². The van der Waals surface area contributed by atoms with Crippen LogP contribution < -0.4 is 5.32 Å². The van der Waals surface area contributed by atoms with E-state index in [0.717, 1.165) is 42.5 Å². The zero-order valence-corrected chi connectivity index (χ0v) is 19.4. The number of fused-ring (bicyclic) bond motifs is 1. The van der Waals surface area contributed by atoms with E-state index in [0.29, 0.717) is 18.9 Å². The van der Waals surface area contributed by atoms with Gasteiger partial charge in [0, 0.05) is 18.0 Å². The Labute approximate surface area is 189 Å². The summed E-state index contributed by atoms with van der Waals surface area (Å²) < 4.78 is 5.99. The fourth-order valence-corrected chi connectivity index (χ4v) is 4.71. The molecule has 1 fully saturated rings. The Morgan fingerprint density at radius 3 is 2.59 bits per heavy atom. The Balaban J connectivity index is 1.50. The second-order valence-electron chi connectivity index (χ2n) is 9.59. The molecule has 172 valence electrons. The van der Waals surface area contributed by atoms with Gasteiger partial charge in [-0.1, -0.05) is 43.2 Å². The summed E-state index contributed by atoms with van der Waals surface area (Å²) in [6.45, 7) is 4.84. The van der Waals surface area contributed by atoms with E-state index in [4.69, 9.17) is 4.74 Å². The van der Waals surface area contributed by atoms with Crippen molar-refractivity contribution in [1.29, 1.82) is 0 Å². The molecule has 2 aliphatic rings. The van der Waals surface area contributed by atoms with Crippen molar-refractivity contribution < 1.29 is 14.3 Å². The minimum absolute atomic E-state index is 0.0192. The molecule has 2 aromatic rings. The van der Waals surface area contributed by atoms with Crippen molar-refractivity contribution in [3.8, 4) is 0 Å². The fraction of sp³-hybridized carbons (Fsp3) is 0.542. The standard InChI is InChI=1S/C24H33N5O3/c1-24(2)20-18(21(27-26-20)25-22(30)17-12-8-9-13-17)14-29(24)23(31)32-19(15-28(3)4)16-10-6-5-7-11-16/h5-7,10-11,17,19H,8-9,12-15H2,1-4H3,(H2,25,26,27,30). The summed E-state index contributed by atoms with van der Waals surface area (Å²) >= 11 is 0. The molecule has 2 heterocycles. The molecule has 8 nitrogen and oxygen atoms in total. The van der Waals surface area contributed by atoms with Gasteiger partial charge in [0.1, 0.15) is 6.10 Å². The highest BCUT2D eigenvalue weighted by molar-refractivity contribution is 5.92. The highest BCUT2D eigenvalue weighted by atomic mass is 16.6. The third kappa shape index (κ3) is 4.37. The van der Waals surface area contributed by atoms with Crippen molar-refractivity contribution in [3.05, 3.63) is 47.2 Å². The first-order valence-electron chi connectivity index (χ1n) is 11.3. The van der Waals surface area contributed by atoms with E-state index >= 15 is 0 Å². The predicted octanol–water partition coefficient (Wildman–Crippen LogP) is 4.03. The molecule has 8 heteroatoms. The fourth-order valence-electron chi connectivity index (χ4n) is 4.71. The van der Waals surface area contributed by atoms with E-state index < -0.39 is 5.54 Å². The van der Waals surface area contributed by atoms with Crippen LogP contribution in [0.1, 0.15) is 62.5 Å². The van der Waals surface area contributed by atoms with Crippen LogP contribution in [0.25, 0.3) is 0 Å². The van der Waals surface area contributed by atoms with Gasteiger partial charge in [-0.2, -0.15) is 5.10 Å². The summed E-state index contributed by atoms with van der Waals surface area (Å²) in [6, 6.07) is 9.78. The second-order valence-corrected chi connectivity index (χ2v) is 9.59. The Bertz CT molecular complexity index is 963. The number of nitrogens with zero attached hydrogens (tertiary/aromatic N) is 3. The number of rotatable bonds is 6. The van der Waals surface area contributed by atoms with Crippen molar-refractivity contribution in [2.24, 2.45) is 5.92 Å². The first-order valence-corrected chi connectivity index (χ1v) is 11.3. The van der Waals surface area contributed by atoms with Gasteiger partial charge in [-0.15, -0.1) is 0 Å². The van der Waals surface area contributed by atoms with Gasteiger partial charge in [-0.3, -0.25) is 14.8 Å². The molecule has 0 saturated heterocycles. The zero-order chi connectivity index (χ0) is 22.9. The van der Waals surface area contributed by atoms with E-state index in [1.165, 1.54) is 0 Å². The van der Waals surface area contributed by atoms with Crippen LogP contribution in [0, 0.1) is 5.92 Å². The Morgan fingerprint density at radius 1 is 1.25 bits per heavy atom. The molecule has 1 saturated carbocycles. The number of ether oxygens (including phenoxy) is 1. The summed E-state index contributed by atoms with van der Waals surface area (Å²) in [5, 5.41) is 10.4. The normalized spacial score (nSPS) is 18.6. The molecule has 1 aromatic carbocycles. The summed E-state index contributed by atoms with van der Waals surface area (Å²) in [4.78, 5) is 29.6. The van der Waals surface area contributed by atoms with E-state index in [9.17, 15) is 9.59 Å². The van der Waals surface area contributed by atoms with Crippen LogP contribution in [0.15, 0.2) is 30.3 Å². The lowest BCUT2D eigenvalue weighted by Crippen LogP contribution is -2.42. The quantitative estimate of drug-likeness (QED) is 0.709. The number of likely N-dealkylation sites (N-methyl/N-ethyl adjacent to an activating group) is 1. The predicted molar refractivity (Wildman–Crippen MR) is 122 cm³/mol. The number of nitrogens with one attached hydrogen (secondary N) is 2. The number of H-pyrrole nitrogens is 1. The van der Waals surface area contributed by atoms with Gasteiger partial charge in [0.25, 0.3) is 0 Å². The van der Waals surface area contributed by atoms with Gasteiger partial charge in [-0.25, -0.2) is 4.79 Å². The topological polar surface area (TPSA) is 90.6 Å². The lowest BCUT2D eigenvalue weighted by atomic mass is 10.0. The molecule has 2 N–H and O–H groups in total. The van der Waals surface area contributed by atoms with E-state index in [-0.39, 0.29) is 24.0 Å². The molecule has 1 aromatic heterocycles. The number of carbonyl (C=O) groups is 2. The molecule has 4 rings (SSSR count). The van der Waals surface area contributed by atoms with Crippen molar-refractivity contribution in [1.82, 2.24) is 20.0 Å². The van der Waals surface area contributed by atoms with Crippen molar-refractivity contribution >= 4 is 17.8 Å². The maximum absolute atomic E-state index is 13.3. The van der Waals surface area contributed by atoms with E-state index in [1.54, 1.807) is 4.90 Å². The van der Waals surface area contributed by atoms with Crippen LogP contribution in [-0.4, -0.2) is 52.6 Å². The highest BCUT2D eigenvalue weighted by Crippen LogP contribution is 2.41. The van der Waals surface area contributed by atoms with Gasteiger partial charge < -0.3 is 15.0 Å². The number of hydrogen-bond acceptors (Lipinski definition) is 5. The third-order valence-corrected chi connectivity index (χ3v) is 6.60. The first-order chi connectivity index (χ1) is 15.3. The highest BCUT2D eigenvalue weighted by Gasteiger charge is 2.45. The molecule has 1 atom stereocenters. The van der Waals surface area contributed by atoms with Crippen molar-refractivity contribution in [2.75, 3.05) is 26.0 Å². The third-order valence-electron chi connectivity index (χ3n) is 6.60. The van der Waals surface area contributed by atoms with E-state index in [2.05, 4.69) is 15.5 Å². The van der Waals surface area contributed by atoms with Crippen molar-refractivity contribution in [3.63, 3.8) is 0 Å². The van der Waals surface area contributed by atoms with Crippen LogP contribution in [0.4, 0.5) is 10.6 Å². The summed E-state index contributed by atoms with van der Waals surface area (Å²) in [5.41, 5.74) is 2.01. The SMILES string of the molecule is CN(C)CC(OC(=O)N1Cc2c(NC(=O)C3CCCC3)n[nH]c2C1(C)C)c1ccccc1. The number of hydrogen-bond donors (Lipinski definition) is 2. The van der Waals surface area contributed by atoms with Crippen LogP contribution >= 0.6 is 0 Å². The maximum Gasteiger partial charge on any atom is 0.411 e. The maximum atomic E-state index is 13.3. The Morgan fingerprint density at radius 2 is 1.94 bits per heavy atom. The molecule has 2 amide bonds. The number of anilines is 1. The van der Waals surface area contributed by atoms with Crippen LogP contribution in [-0.2, 0) is 21.6 Å². The van der Waals surface area contributed by atoms with Crippen LogP contribution in [0.2, 0.25) is 0 Å². The molecule has 1 aliphatic heterocycles. The number of aromatic nitrogens is 2. The van der Waals surface area contributed by atoms with Gasteiger partial charge in [0.15, 0.2) is 5.82 Å². The van der Waals surface area contributed by atoms with Gasteiger partial charge in [0.2, 0.25) is 5.91 Å². The minimum Gasteiger partial charge on any atom is -0.440 e. The Kier molecular flexibility index (Phi) is 6.24. The monoisotopic (exact) mass is 439 g/mol. The zero-order valence-electron chi connectivity index (χ0n) is 19.4. The molecular weight excluding hydrogens is 406 g/mol. The summed E-state index contributed by atoms with van der Waals surface area (Å²) in [6.07, 6.45) is 3.28. The lowest BCUT2D eigenvalue weighted by Gasteiger charge is -2.33. The number of amides is 2. The van der Waals surface area contributed by atoms with Crippen molar-refractivity contribution in [2.45, 2.75) is 57.7 Å². The molecule has 1 aliphatic carbocycles. The molecule has 0 radical (unpaired) electrons. The number of benzene rings is 1. The average Bonchev–Trinajstić information content (AvgIpc) is 3.47. The number of aromatic amines is 1. The molecule has 0 spiro atoms. The molecule has 1 unspecified atom stereocenters. The molecule has 0 bridgehead atoms. The molecule has 32 heavy (non-hydrogen) atoms. The largest absolute Gasteiger partial charge is 0.440 e. The van der Waals surface area contributed by atoms with Gasteiger partial charge in [0.05, 0.1) is 17.8 Å². The second kappa shape index (κ2) is 8.94. The van der Waals surface area contributed by atoms with Crippen LogP contribution in [0.5, 0.6) is 0 Å². The lowest BCUT2D eigenvalue weighted by molar-refractivity contribution is -0.119. The van der Waals surface area contributed by atoms with Crippen LogP contribution in [0.3, 0.4) is 0 Å². The number of carbonyl (C=O) groups excluding carboxylic acids is 2. The minimum atomic E-state index is -0.630. The molecular formula is C24H33N5O3.